The Balaban J connectivity index is 1.51. The number of Topliss-reactive ketones (excluding diaryl/α,β-unsaturated/α-hetero) is 1. The second-order valence-electron chi connectivity index (χ2n) is 11.6. The van der Waals surface area contributed by atoms with Crippen molar-refractivity contribution >= 4 is 11.5 Å². The van der Waals surface area contributed by atoms with Crippen molar-refractivity contribution in [2.24, 2.45) is 17.3 Å². The number of fused-ring (bicyclic) bond motifs is 4. The molecule has 1 aliphatic heterocycles. The van der Waals surface area contributed by atoms with Crippen LogP contribution in [0.2, 0.25) is 0 Å². The Bertz CT molecular complexity index is 1010. The Morgan fingerprint density at radius 1 is 1.06 bits per heavy atom. The Hall–Kier alpha value is -1.69. The summed E-state index contributed by atoms with van der Waals surface area (Å²) in [7, 11) is 4.19. The largest absolute Gasteiger partial charge is 0.385 e. The normalized spacial score (nSPS) is 39.4. The highest BCUT2D eigenvalue weighted by atomic mass is 16.7. The zero-order valence-electron chi connectivity index (χ0n) is 20.2. The summed E-state index contributed by atoms with van der Waals surface area (Å²) in [5.41, 5.74) is 4.07. The molecule has 1 aromatic rings. The van der Waals surface area contributed by atoms with E-state index < -0.39 is 11.4 Å². The number of hydrogen-bond donors (Lipinski definition) is 1. The van der Waals surface area contributed by atoms with Gasteiger partial charge in [0, 0.05) is 50.4 Å². The van der Waals surface area contributed by atoms with E-state index in [9.17, 15) is 9.90 Å². The van der Waals surface area contributed by atoms with Crippen molar-refractivity contribution in [2.75, 3.05) is 32.2 Å². The first-order valence-corrected chi connectivity index (χ1v) is 12.8. The van der Waals surface area contributed by atoms with Gasteiger partial charge >= 0.3 is 0 Å². The molecule has 0 radical (unpaired) electrons. The maximum absolute atomic E-state index is 13.2. The number of aliphatic hydroxyl groups is 1. The van der Waals surface area contributed by atoms with Crippen molar-refractivity contribution in [1.29, 1.82) is 0 Å². The van der Waals surface area contributed by atoms with Gasteiger partial charge in [0.25, 0.3) is 0 Å². The predicted octanol–water partition coefficient (Wildman–Crippen LogP) is 4.59. The molecule has 0 aromatic heterocycles. The van der Waals surface area contributed by atoms with E-state index in [4.69, 9.17) is 9.47 Å². The molecule has 1 saturated heterocycles. The maximum Gasteiger partial charge on any atom is 0.171 e. The van der Waals surface area contributed by atoms with Crippen molar-refractivity contribution in [1.82, 2.24) is 0 Å². The van der Waals surface area contributed by atoms with Crippen LogP contribution in [0, 0.1) is 17.3 Å². The van der Waals surface area contributed by atoms with Crippen LogP contribution in [0.1, 0.15) is 69.8 Å². The van der Waals surface area contributed by atoms with E-state index in [1.807, 2.05) is 0 Å². The van der Waals surface area contributed by atoms with E-state index in [2.05, 4.69) is 50.2 Å². The van der Waals surface area contributed by atoms with Crippen LogP contribution in [0.3, 0.4) is 0 Å². The average molecular weight is 452 g/mol. The number of benzene rings is 1. The van der Waals surface area contributed by atoms with E-state index in [-0.39, 0.29) is 11.3 Å². The van der Waals surface area contributed by atoms with Crippen LogP contribution in [-0.2, 0) is 14.3 Å². The number of allylic oxidation sites excluding steroid dienone is 1. The molecule has 3 saturated carbocycles. The number of anilines is 1. The first kappa shape index (κ1) is 21.8. The molecule has 4 aliphatic carbocycles. The molecular formula is C28H37NO4. The molecule has 5 atom stereocenters. The van der Waals surface area contributed by atoms with Gasteiger partial charge in [-0.1, -0.05) is 30.7 Å². The van der Waals surface area contributed by atoms with E-state index in [1.54, 1.807) is 0 Å². The van der Waals surface area contributed by atoms with Crippen molar-refractivity contribution in [3.05, 3.63) is 41.0 Å². The zero-order chi connectivity index (χ0) is 23.0. The molecule has 0 amide bonds. The molecule has 178 valence electrons. The summed E-state index contributed by atoms with van der Waals surface area (Å²) in [6.45, 7) is 3.47. The topological polar surface area (TPSA) is 59.0 Å². The van der Waals surface area contributed by atoms with Crippen LogP contribution in [0.5, 0.6) is 0 Å². The van der Waals surface area contributed by atoms with E-state index in [1.165, 1.54) is 22.4 Å². The summed E-state index contributed by atoms with van der Waals surface area (Å²) in [6, 6.07) is 8.65. The maximum atomic E-state index is 13.2. The molecule has 4 fully saturated rings. The third kappa shape index (κ3) is 3.11. The molecule has 5 nitrogen and oxygen atoms in total. The van der Waals surface area contributed by atoms with Gasteiger partial charge in [-0.05, 0) is 61.1 Å². The van der Waals surface area contributed by atoms with Gasteiger partial charge in [-0.3, -0.25) is 4.79 Å². The number of carbonyl (C=O) groups excluding carboxylic acids is 1. The monoisotopic (exact) mass is 451 g/mol. The number of ether oxygens (including phenoxy) is 2. The molecule has 6 rings (SSSR count). The number of nitrogens with zero attached hydrogens (tertiary/aromatic N) is 1. The lowest BCUT2D eigenvalue weighted by atomic mass is 9.51. The van der Waals surface area contributed by atoms with Crippen molar-refractivity contribution in [3.8, 4) is 0 Å². The zero-order valence-corrected chi connectivity index (χ0v) is 20.2. The number of ketones is 1. The Morgan fingerprint density at radius 3 is 2.58 bits per heavy atom. The lowest BCUT2D eigenvalue weighted by Crippen LogP contribution is -2.53. The van der Waals surface area contributed by atoms with Crippen LogP contribution in [-0.4, -0.2) is 49.6 Å². The second kappa shape index (κ2) is 7.40. The van der Waals surface area contributed by atoms with Crippen LogP contribution in [0.25, 0.3) is 0 Å². The standard InChI is InChI=1S/C28H37NO4/c1-26-16-20(18-6-4-5-7-23(18)29(2)3)25-19(21(26)8-9-24(26)30)10-12-27(31)17-28(13-11-22(25)27)32-14-15-33-28/h4-7,19-21,31H,8-17H2,1-3H3/t19?,20-,21?,26-,27+/m0/s1. The van der Waals surface area contributed by atoms with Crippen LogP contribution in [0.4, 0.5) is 5.69 Å². The minimum atomic E-state index is -0.865. The van der Waals surface area contributed by atoms with Crippen LogP contribution in [0.15, 0.2) is 35.4 Å². The summed E-state index contributed by atoms with van der Waals surface area (Å²) in [5, 5.41) is 12.1. The van der Waals surface area contributed by atoms with Gasteiger partial charge in [-0.25, -0.2) is 0 Å². The Kier molecular flexibility index (Phi) is 4.89. The Morgan fingerprint density at radius 2 is 1.82 bits per heavy atom. The van der Waals surface area contributed by atoms with Crippen LogP contribution >= 0.6 is 0 Å². The minimum Gasteiger partial charge on any atom is -0.385 e. The first-order chi connectivity index (χ1) is 15.8. The van der Waals surface area contributed by atoms with Crippen molar-refractivity contribution < 1.29 is 19.4 Å². The van der Waals surface area contributed by atoms with E-state index in [0.717, 1.165) is 38.5 Å². The summed E-state index contributed by atoms with van der Waals surface area (Å²) in [4.78, 5) is 15.4. The second-order valence-corrected chi connectivity index (χ2v) is 11.6. The molecule has 1 aromatic carbocycles. The summed E-state index contributed by atoms with van der Waals surface area (Å²) >= 11 is 0. The van der Waals surface area contributed by atoms with Gasteiger partial charge in [-0.2, -0.15) is 0 Å². The molecule has 5 heteroatoms. The number of carbonyl (C=O) groups is 1. The molecule has 5 aliphatic rings. The van der Waals surface area contributed by atoms with Gasteiger partial charge < -0.3 is 19.5 Å². The molecule has 0 bridgehead atoms. The summed E-state index contributed by atoms with van der Waals surface area (Å²) < 4.78 is 12.1. The van der Waals surface area contributed by atoms with Gasteiger partial charge in [0.15, 0.2) is 5.79 Å². The minimum absolute atomic E-state index is 0.165. The van der Waals surface area contributed by atoms with Gasteiger partial charge in [0.05, 0.1) is 18.8 Å². The third-order valence-electron chi connectivity index (χ3n) is 9.73. The molecular weight excluding hydrogens is 414 g/mol. The molecule has 1 N–H and O–H groups in total. The molecule has 2 unspecified atom stereocenters. The summed E-state index contributed by atoms with van der Waals surface area (Å²) in [6.07, 6.45) is 6.40. The number of hydrogen-bond acceptors (Lipinski definition) is 5. The highest BCUT2D eigenvalue weighted by Gasteiger charge is 2.60. The van der Waals surface area contributed by atoms with Crippen molar-refractivity contribution in [3.63, 3.8) is 0 Å². The number of rotatable bonds is 2. The first-order valence-electron chi connectivity index (χ1n) is 12.8. The van der Waals surface area contributed by atoms with E-state index >= 15 is 0 Å². The van der Waals surface area contributed by atoms with Gasteiger partial charge in [-0.15, -0.1) is 0 Å². The highest BCUT2D eigenvalue weighted by molar-refractivity contribution is 5.87. The molecule has 33 heavy (non-hydrogen) atoms. The average Bonchev–Trinajstić information content (AvgIpc) is 3.36. The number of para-hydroxylation sites is 1. The quantitative estimate of drug-likeness (QED) is 0.667. The third-order valence-corrected chi connectivity index (χ3v) is 9.73. The SMILES string of the molecule is CN(C)c1ccccc1[C@@H]1C[C@]2(C)C(=O)CCC2C2CC[C@@]3(O)CC4(CCC3=C21)OCCO4. The Labute approximate surface area is 197 Å². The summed E-state index contributed by atoms with van der Waals surface area (Å²) in [5.74, 6) is 0.771. The smallest absolute Gasteiger partial charge is 0.171 e. The van der Waals surface area contributed by atoms with Crippen LogP contribution < -0.4 is 4.90 Å². The fourth-order valence-electron chi connectivity index (χ4n) is 8.25. The van der Waals surface area contributed by atoms with Gasteiger partial charge in [0.2, 0.25) is 0 Å². The fraction of sp³-hybridized carbons (Fsp3) is 0.679. The lowest BCUT2D eigenvalue weighted by Gasteiger charge is -2.55. The van der Waals surface area contributed by atoms with Gasteiger partial charge in [0.1, 0.15) is 5.78 Å². The predicted molar refractivity (Wildman–Crippen MR) is 127 cm³/mol. The highest BCUT2D eigenvalue weighted by Crippen LogP contribution is 2.65. The molecule has 1 spiro atoms. The lowest BCUT2D eigenvalue weighted by molar-refractivity contribution is -0.208. The van der Waals surface area contributed by atoms with Crippen molar-refractivity contribution in [2.45, 2.75) is 75.6 Å². The van der Waals surface area contributed by atoms with E-state index in [0.29, 0.717) is 43.7 Å². The fourth-order valence-corrected chi connectivity index (χ4v) is 8.25. The molecule has 1 heterocycles.